The van der Waals surface area contributed by atoms with Crippen LogP contribution < -0.4 is 0 Å². The summed E-state index contributed by atoms with van der Waals surface area (Å²) in [5.41, 5.74) is 0. The number of esters is 1. The smallest absolute Gasteiger partial charge is 0.320 e. The number of carbonyl (C=O) groups excluding carboxylic acids is 1. The average Bonchev–Trinajstić information content (AvgIpc) is 3.14. The molecule has 1 heterocycles. The van der Waals surface area contributed by atoms with E-state index in [0.29, 0.717) is 26.0 Å². The molecule has 0 N–H and O–H groups in total. The highest BCUT2D eigenvalue weighted by molar-refractivity contribution is 5.71. The number of hydrogen-bond acceptors (Lipinski definition) is 5. The fourth-order valence-electron chi connectivity index (χ4n) is 2.06. The van der Waals surface area contributed by atoms with Gasteiger partial charge in [-0.05, 0) is 26.2 Å². The minimum atomic E-state index is -0.133. The quantitative estimate of drug-likeness (QED) is 0.645. The van der Waals surface area contributed by atoms with Crippen LogP contribution in [-0.4, -0.2) is 56.1 Å². The summed E-state index contributed by atoms with van der Waals surface area (Å²) in [6.07, 6.45) is 3.47. The van der Waals surface area contributed by atoms with Crippen molar-refractivity contribution in [2.45, 2.75) is 38.3 Å². The highest BCUT2D eigenvalue weighted by atomic mass is 16.7. The molecule has 1 unspecified atom stereocenters. The van der Waals surface area contributed by atoms with Crippen LogP contribution >= 0.6 is 0 Å². The molecular weight excluding hydrogens is 222 g/mol. The fraction of sp³-hybridized carbons (Fsp3) is 0.917. The third-order valence-electron chi connectivity index (χ3n) is 3.11. The normalized spacial score (nSPS) is 24.9. The summed E-state index contributed by atoms with van der Waals surface area (Å²) in [7, 11) is 0. The van der Waals surface area contributed by atoms with Gasteiger partial charge in [0.25, 0.3) is 0 Å². The number of nitrogens with zero attached hydrogens (tertiary/aromatic N) is 1. The largest absolute Gasteiger partial charge is 0.465 e. The van der Waals surface area contributed by atoms with Crippen LogP contribution in [0.15, 0.2) is 0 Å². The van der Waals surface area contributed by atoms with Gasteiger partial charge in [-0.25, -0.2) is 0 Å². The molecule has 0 aromatic carbocycles. The van der Waals surface area contributed by atoms with Gasteiger partial charge in [0.2, 0.25) is 0 Å². The molecule has 0 radical (unpaired) electrons. The van der Waals surface area contributed by atoms with Crippen LogP contribution in [0.25, 0.3) is 0 Å². The van der Waals surface area contributed by atoms with Gasteiger partial charge in [-0.15, -0.1) is 0 Å². The monoisotopic (exact) mass is 243 g/mol. The van der Waals surface area contributed by atoms with Crippen molar-refractivity contribution in [3.63, 3.8) is 0 Å². The molecule has 0 aromatic rings. The third-order valence-corrected chi connectivity index (χ3v) is 3.11. The third kappa shape index (κ3) is 4.26. The molecule has 2 rings (SSSR count). The molecule has 1 saturated heterocycles. The predicted molar refractivity (Wildman–Crippen MR) is 61.5 cm³/mol. The van der Waals surface area contributed by atoms with Crippen LogP contribution in [0, 0.1) is 0 Å². The Kier molecular flexibility index (Phi) is 4.76. The van der Waals surface area contributed by atoms with Crippen molar-refractivity contribution in [1.82, 2.24) is 4.90 Å². The predicted octanol–water partition coefficient (Wildman–Crippen LogP) is 0.777. The Morgan fingerprint density at radius 3 is 2.82 bits per heavy atom. The van der Waals surface area contributed by atoms with Gasteiger partial charge in [-0.3, -0.25) is 9.69 Å². The van der Waals surface area contributed by atoms with Gasteiger partial charge in [0, 0.05) is 12.6 Å². The first-order valence-corrected chi connectivity index (χ1v) is 6.38. The Balaban J connectivity index is 1.77. The zero-order valence-electron chi connectivity index (χ0n) is 10.4. The van der Waals surface area contributed by atoms with Crippen LogP contribution in [0.2, 0.25) is 0 Å². The van der Waals surface area contributed by atoms with Gasteiger partial charge in [0.1, 0.15) is 6.79 Å². The van der Waals surface area contributed by atoms with Gasteiger partial charge < -0.3 is 14.2 Å². The zero-order valence-corrected chi connectivity index (χ0v) is 10.4. The second kappa shape index (κ2) is 6.33. The summed E-state index contributed by atoms with van der Waals surface area (Å²) in [5.74, 6) is -0.133. The Bertz CT molecular complexity index is 249. The first-order chi connectivity index (χ1) is 8.29. The molecule has 0 bridgehead atoms. The Morgan fingerprint density at radius 1 is 1.41 bits per heavy atom. The second-order valence-corrected chi connectivity index (χ2v) is 4.57. The van der Waals surface area contributed by atoms with Gasteiger partial charge in [-0.1, -0.05) is 0 Å². The second-order valence-electron chi connectivity index (χ2n) is 4.57. The Labute approximate surface area is 102 Å². The van der Waals surface area contributed by atoms with E-state index in [2.05, 4.69) is 4.90 Å². The lowest BCUT2D eigenvalue weighted by Crippen LogP contribution is -2.41. The average molecular weight is 243 g/mol. The zero-order chi connectivity index (χ0) is 12.1. The van der Waals surface area contributed by atoms with Crippen LogP contribution in [0.3, 0.4) is 0 Å². The van der Waals surface area contributed by atoms with Gasteiger partial charge in [0.15, 0.2) is 0 Å². The lowest BCUT2D eigenvalue weighted by Gasteiger charge is -2.29. The molecule has 1 saturated carbocycles. The molecule has 1 aliphatic heterocycles. The van der Waals surface area contributed by atoms with Gasteiger partial charge in [0.05, 0.1) is 25.9 Å². The van der Waals surface area contributed by atoms with E-state index in [-0.39, 0.29) is 12.1 Å². The molecule has 1 aliphatic carbocycles. The molecule has 1 atom stereocenters. The van der Waals surface area contributed by atoms with E-state index >= 15 is 0 Å². The molecular formula is C12H21NO4. The molecule has 0 amide bonds. The van der Waals surface area contributed by atoms with Crippen molar-refractivity contribution in [2.24, 2.45) is 0 Å². The maximum atomic E-state index is 11.5. The van der Waals surface area contributed by atoms with Crippen LogP contribution in [0.4, 0.5) is 0 Å². The lowest BCUT2D eigenvalue weighted by atomic mass is 10.2. The summed E-state index contributed by atoms with van der Waals surface area (Å²) in [5, 5.41) is 0. The van der Waals surface area contributed by atoms with Crippen molar-refractivity contribution in [2.75, 3.05) is 33.1 Å². The van der Waals surface area contributed by atoms with Crippen LogP contribution in [-0.2, 0) is 19.0 Å². The van der Waals surface area contributed by atoms with Crippen LogP contribution in [0.5, 0.6) is 0 Å². The standard InChI is InChI=1S/C12H21NO4/c1-2-16-12(14)8-13(10-3-4-10)7-11-5-6-15-9-17-11/h10-11H,2-9H2,1H3. The minimum Gasteiger partial charge on any atom is -0.465 e. The van der Waals surface area contributed by atoms with Crippen molar-refractivity contribution < 1.29 is 19.0 Å². The minimum absolute atomic E-state index is 0.133. The highest BCUT2D eigenvalue weighted by Crippen LogP contribution is 2.27. The molecule has 2 fully saturated rings. The SMILES string of the molecule is CCOC(=O)CN(CC1CCOCO1)C1CC1. The van der Waals surface area contributed by atoms with E-state index in [0.717, 1.165) is 19.6 Å². The van der Waals surface area contributed by atoms with E-state index in [9.17, 15) is 4.79 Å². The van der Waals surface area contributed by atoms with E-state index in [1.54, 1.807) is 0 Å². The molecule has 98 valence electrons. The first kappa shape index (κ1) is 12.8. The van der Waals surface area contributed by atoms with Crippen molar-refractivity contribution >= 4 is 5.97 Å². The molecule has 0 aromatic heterocycles. The maximum absolute atomic E-state index is 11.5. The number of rotatable bonds is 6. The number of ether oxygens (including phenoxy) is 3. The van der Waals surface area contributed by atoms with Crippen molar-refractivity contribution in [3.05, 3.63) is 0 Å². The van der Waals surface area contributed by atoms with Gasteiger partial charge in [-0.2, -0.15) is 0 Å². The summed E-state index contributed by atoms with van der Waals surface area (Å²) in [6, 6.07) is 0.547. The molecule has 5 nitrogen and oxygen atoms in total. The molecule has 17 heavy (non-hydrogen) atoms. The molecule has 2 aliphatic rings. The summed E-state index contributed by atoms with van der Waals surface area (Å²) in [4.78, 5) is 13.7. The summed E-state index contributed by atoms with van der Waals surface area (Å²) < 4.78 is 15.6. The fourth-order valence-corrected chi connectivity index (χ4v) is 2.06. The van der Waals surface area contributed by atoms with E-state index in [4.69, 9.17) is 14.2 Å². The first-order valence-electron chi connectivity index (χ1n) is 6.38. The van der Waals surface area contributed by atoms with Crippen molar-refractivity contribution in [3.8, 4) is 0 Å². The maximum Gasteiger partial charge on any atom is 0.320 e. The van der Waals surface area contributed by atoms with E-state index in [1.165, 1.54) is 12.8 Å². The molecule has 5 heteroatoms. The Hall–Kier alpha value is -0.650. The summed E-state index contributed by atoms with van der Waals surface area (Å²) in [6.45, 7) is 4.61. The number of carbonyl (C=O) groups is 1. The van der Waals surface area contributed by atoms with Crippen LogP contribution in [0.1, 0.15) is 26.2 Å². The topological polar surface area (TPSA) is 48.0 Å². The molecule has 0 spiro atoms. The Morgan fingerprint density at radius 2 is 2.24 bits per heavy atom. The van der Waals surface area contributed by atoms with E-state index in [1.807, 2.05) is 6.92 Å². The number of hydrogen-bond donors (Lipinski definition) is 0. The summed E-state index contributed by atoms with van der Waals surface area (Å²) >= 11 is 0. The van der Waals surface area contributed by atoms with E-state index < -0.39 is 0 Å². The van der Waals surface area contributed by atoms with Gasteiger partial charge >= 0.3 is 5.97 Å². The lowest BCUT2D eigenvalue weighted by molar-refractivity contribution is -0.152. The van der Waals surface area contributed by atoms with Crippen molar-refractivity contribution in [1.29, 1.82) is 0 Å². The highest BCUT2D eigenvalue weighted by Gasteiger charge is 2.32.